The standard InChI is InChI=1S/C21H25N5O3.C20H24N6O3.C20H22N6O3/c1-4-14-11-18(24-16-6-5-9-22-20(16)29-3)25-19-15(12-23-26(14)19)17(27)10-13-7-8-21(13,2)28;2*1-20(28)7-6-12(20)9-15(27)13-11-23-26-17(21-2)10-16(25-18(13)26)24-14-5-4-8-22-19(14)29-3/h5-6,9,11-13,28H,4,7-8,10H2,1-3H3,(H,24,25);4-5,8,10-12,21,28H,6-7,9H2,1-3H3,(H,24,25);4-6,8,10-12,28H,7,9H2,1-3H3,(H-,21,23,24,25,27)/p+1/t13-,21-;12?,20-;12-,20-/m011/s1. The van der Waals surface area contributed by atoms with E-state index in [1.165, 1.54) is 12.4 Å². The second-order valence-corrected chi connectivity index (χ2v) is 22.4. The van der Waals surface area contributed by atoms with Gasteiger partial charge in [-0.15, -0.1) is 0 Å². The minimum atomic E-state index is -0.828. The van der Waals surface area contributed by atoms with Crippen molar-refractivity contribution in [2.24, 2.45) is 17.8 Å². The van der Waals surface area contributed by atoms with Crippen LogP contribution in [0.4, 0.5) is 46.2 Å². The first-order valence-electron chi connectivity index (χ1n) is 28.7. The first-order chi connectivity index (χ1) is 41.8. The van der Waals surface area contributed by atoms with E-state index in [2.05, 4.69) is 71.8 Å². The van der Waals surface area contributed by atoms with E-state index in [1.807, 2.05) is 43.7 Å². The molecule has 3 aliphatic rings. The lowest BCUT2D eigenvalue weighted by Gasteiger charge is -2.42. The van der Waals surface area contributed by atoms with Gasteiger partial charge in [-0.05, 0) is 101 Å². The minimum absolute atomic E-state index is 0.0171. The molecule has 0 saturated heterocycles. The summed E-state index contributed by atoms with van der Waals surface area (Å²) in [7, 11) is 8.20. The summed E-state index contributed by atoms with van der Waals surface area (Å²) >= 11 is 0. The van der Waals surface area contributed by atoms with Crippen molar-refractivity contribution in [1.82, 2.24) is 58.7 Å². The van der Waals surface area contributed by atoms with Gasteiger partial charge >= 0.3 is 0 Å². The number of rotatable bonds is 21. The number of fused-ring (bicyclic) bond motifs is 3. The Bertz CT molecular complexity index is 3590. The van der Waals surface area contributed by atoms with E-state index in [1.54, 1.807) is 119 Å². The van der Waals surface area contributed by atoms with Crippen molar-refractivity contribution >= 4 is 80.4 Å². The van der Waals surface area contributed by atoms with E-state index in [0.717, 1.165) is 37.8 Å². The molecule has 6 atom stereocenters. The van der Waals surface area contributed by atoms with Crippen molar-refractivity contribution in [1.29, 1.82) is 0 Å². The van der Waals surface area contributed by atoms with Crippen LogP contribution in [0, 0.1) is 24.2 Å². The van der Waals surface area contributed by atoms with Gasteiger partial charge in [0, 0.05) is 69.4 Å². The third kappa shape index (κ3) is 12.7. The lowest BCUT2D eigenvalue weighted by Crippen LogP contribution is -2.45. The van der Waals surface area contributed by atoms with Crippen LogP contribution >= 0.6 is 0 Å². The van der Waals surface area contributed by atoms with Crippen LogP contribution in [0.5, 0.6) is 17.6 Å². The Morgan fingerprint density at radius 1 is 0.575 bits per heavy atom. The van der Waals surface area contributed by atoms with E-state index in [9.17, 15) is 29.7 Å². The van der Waals surface area contributed by atoms with Crippen molar-refractivity contribution in [3.8, 4) is 17.6 Å². The summed E-state index contributed by atoms with van der Waals surface area (Å²) in [5.41, 5.74) is 3.29. The van der Waals surface area contributed by atoms with Crippen molar-refractivity contribution in [3.63, 3.8) is 0 Å². The first kappa shape index (κ1) is 60.6. The van der Waals surface area contributed by atoms with Gasteiger partial charge in [-0.1, -0.05) is 6.92 Å². The number of Topliss-reactive ketones (excluding diaryl/α,β-unsaturated/α-hetero) is 3. The number of nitrogens with one attached hydrogen (secondary N) is 5. The van der Waals surface area contributed by atoms with Gasteiger partial charge in [0.2, 0.25) is 17.6 Å². The number of aromatic nitrogens is 12. The number of hydrogen-bond acceptors (Lipinski definition) is 23. The highest BCUT2D eigenvalue weighted by Gasteiger charge is 2.51. The summed E-state index contributed by atoms with van der Waals surface area (Å²) in [4.78, 5) is 65.1. The number of pyridine rings is 3. The smallest absolute Gasteiger partial charge is 0.237 e. The number of aliphatic hydroxyl groups is 3. The molecule has 454 valence electrons. The molecule has 26 heteroatoms. The van der Waals surface area contributed by atoms with E-state index in [-0.39, 0.29) is 47.9 Å². The summed E-state index contributed by atoms with van der Waals surface area (Å²) in [5, 5.41) is 59.5. The van der Waals surface area contributed by atoms with Crippen molar-refractivity contribution in [3.05, 3.63) is 121 Å². The highest BCUT2D eigenvalue weighted by molar-refractivity contribution is 6.03. The third-order valence-electron chi connectivity index (χ3n) is 16.6. The Morgan fingerprint density at radius 2 is 0.954 bits per heavy atom. The SMILES string of the molecule is CCc1cc(Nc2cccnc2OC)nc2c(C(=O)C[C@@H]3CC[C@]3(C)O)cnn12.CNc1cc(Nc2cccnc2OC)nc2c(C(=O)CC3CC[C@@]3(C)O)cnn12.CNc1cc(Nc2cccnc2OC)nc2c(C(=O)C[C@H]3[CH+]C[C@@]3(C)O)cnn12. The largest absolute Gasteiger partial charge is 0.480 e. The number of hydrogen-bond donors (Lipinski definition) is 8. The minimum Gasteiger partial charge on any atom is -0.480 e. The molecule has 3 aliphatic carbocycles. The molecular weight excluding hydrogens is 1110 g/mol. The van der Waals surface area contributed by atoms with Gasteiger partial charge in [-0.25, -0.2) is 34.4 Å². The molecule has 9 heterocycles. The fraction of sp³-hybridized carbons (Fsp3) is 0.393. The van der Waals surface area contributed by atoms with Crippen LogP contribution in [0.2, 0.25) is 0 Å². The second kappa shape index (κ2) is 25.2. The van der Waals surface area contributed by atoms with Crippen LogP contribution in [-0.4, -0.2) is 144 Å². The third-order valence-corrected chi connectivity index (χ3v) is 16.6. The van der Waals surface area contributed by atoms with Crippen molar-refractivity contribution in [2.75, 3.05) is 62.0 Å². The summed E-state index contributed by atoms with van der Waals surface area (Å²) < 4.78 is 20.7. The van der Waals surface area contributed by atoms with Gasteiger partial charge in [0.05, 0.1) is 80.7 Å². The van der Waals surface area contributed by atoms with Crippen molar-refractivity contribution < 1.29 is 43.9 Å². The van der Waals surface area contributed by atoms with E-state index >= 15 is 0 Å². The molecule has 9 aromatic rings. The number of methoxy groups -OCH3 is 3. The highest BCUT2D eigenvalue weighted by atomic mass is 16.5. The van der Waals surface area contributed by atoms with Gasteiger partial charge in [0.1, 0.15) is 64.1 Å². The fourth-order valence-corrected chi connectivity index (χ4v) is 10.8. The van der Waals surface area contributed by atoms with E-state index < -0.39 is 16.8 Å². The van der Waals surface area contributed by atoms with Gasteiger partial charge in [0.15, 0.2) is 34.3 Å². The maximum absolute atomic E-state index is 12.9. The summed E-state index contributed by atoms with van der Waals surface area (Å²) in [5.74, 6) is 3.89. The van der Waals surface area contributed by atoms with Crippen LogP contribution in [-0.2, 0) is 6.42 Å². The van der Waals surface area contributed by atoms with E-state index in [0.29, 0.717) is 110 Å². The van der Waals surface area contributed by atoms with Crippen LogP contribution in [0.25, 0.3) is 16.9 Å². The molecule has 0 amide bonds. The molecule has 1 unspecified atom stereocenters. The molecule has 0 radical (unpaired) electrons. The second-order valence-electron chi connectivity index (χ2n) is 22.4. The van der Waals surface area contributed by atoms with Crippen LogP contribution in [0.3, 0.4) is 0 Å². The maximum Gasteiger partial charge on any atom is 0.237 e. The molecule has 9 aromatic heterocycles. The Kier molecular flexibility index (Phi) is 17.5. The average Bonchev–Trinajstić information content (AvgIpc) is 3.66. The van der Waals surface area contributed by atoms with Crippen LogP contribution in [0.1, 0.15) is 116 Å². The molecule has 0 spiro atoms. The monoisotopic (exact) mass is 1190 g/mol. The Labute approximate surface area is 501 Å². The number of ether oxygens (including phenoxy) is 3. The van der Waals surface area contributed by atoms with Crippen molar-refractivity contribution in [2.45, 2.75) is 102 Å². The molecule has 0 aromatic carbocycles. The summed E-state index contributed by atoms with van der Waals surface area (Å²) in [6, 6.07) is 16.4. The van der Waals surface area contributed by atoms with Gasteiger partial charge in [-0.2, -0.15) is 24.3 Å². The van der Waals surface area contributed by atoms with Gasteiger partial charge in [-0.3, -0.25) is 14.4 Å². The predicted molar refractivity (Wildman–Crippen MR) is 326 cm³/mol. The lowest BCUT2D eigenvalue weighted by molar-refractivity contribution is -0.0775. The summed E-state index contributed by atoms with van der Waals surface area (Å²) in [6.07, 6.45) is 16.8. The molecule has 8 N–H and O–H groups in total. The molecule has 12 rings (SSSR count). The van der Waals surface area contributed by atoms with Gasteiger partial charge in [0.25, 0.3) is 0 Å². The number of ketones is 3. The first-order valence-corrected chi connectivity index (χ1v) is 28.7. The molecular formula is C61H72N17O9+. The Balaban J connectivity index is 0.000000144. The molecule has 3 fully saturated rings. The van der Waals surface area contributed by atoms with Gasteiger partial charge < -0.3 is 56.1 Å². The maximum atomic E-state index is 12.9. The number of carbonyl (C=O) groups excluding carboxylic acids is 3. The molecule has 87 heavy (non-hydrogen) atoms. The molecule has 26 nitrogen and oxygen atoms in total. The van der Waals surface area contributed by atoms with Crippen LogP contribution in [0.15, 0.2) is 91.8 Å². The number of aryl methyl sites for hydroxylation is 1. The summed E-state index contributed by atoms with van der Waals surface area (Å²) in [6.45, 7) is 7.35. The number of anilines is 8. The topological polar surface area (TPSA) is 329 Å². The normalized spacial score (nSPS) is 20.9. The van der Waals surface area contributed by atoms with Crippen LogP contribution < -0.4 is 40.8 Å². The van der Waals surface area contributed by atoms with E-state index in [4.69, 9.17) is 14.2 Å². The quantitative estimate of drug-likeness (QED) is 0.0248. The zero-order chi connectivity index (χ0) is 61.8. The average molecular weight is 1190 g/mol. The lowest BCUT2D eigenvalue weighted by atomic mass is 9.68. The number of nitrogens with zero attached hydrogens (tertiary/aromatic N) is 12. The fourth-order valence-electron chi connectivity index (χ4n) is 10.8. The molecule has 0 bridgehead atoms. The Morgan fingerprint density at radius 3 is 1.28 bits per heavy atom. The molecule has 0 aliphatic heterocycles. The number of carbonyl (C=O) groups is 3. The Hall–Kier alpha value is -9.53. The zero-order valence-corrected chi connectivity index (χ0v) is 50.0. The molecule has 3 saturated carbocycles. The predicted octanol–water partition coefficient (Wildman–Crippen LogP) is 8.29. The highest BCUT2D eigenvalue weighted by Crippen LogP contribution is 2.43. The zero-order valence-electron chi connectivity index (χ0n) is 50.0.